The highest BCUT2D eigenvalue weighted by atomic mass is 79.9. The molecule has 0 radical (unpaired) electrons. The Balaban J connectivity index is 2.59. The third kappa shape index (κ3) is 2.97. The first-order chi connectivity index (χ1) is 6.11. The van der Waals surface area contributed by atoms with Crippen LogP contribution in [0.5, 0.6) is 0 Å². The van der Waals surface area contributed by atoms with Crippen LogP contribution in [-0.2, 0) is 0 Å². The molecule has 0 aliphatic carbocycles. The van der Waals surface area contributed by atoms with Gasteiger partial charge >= 0.3 is 0 Å². The van der Waals surface area contributed by atoms with Gasteiger partial charge in [-0.1, -0.05) is 22.5 Å². The van der Waals surface area contributed by atoms with E-state index in [4.69, 9.17) is 0 Å². The second-order valence-corrected chi connectivity index (χ2v) is 4.67. The molecule has 0 unspecified atom stereocenters. The van der Waals surface area contributed by atoms with Gasteiger partial charge in [0.1, 0.15) is 0 Å². The molecule has 0 saturated carbocycles. The molecule has 0 aliphatic rings. The van der Waals surface area contributed by atoms with E-state index in [0.717, 1.165) is 14.9 Å². The molecule has 1 N–H and O–H groups in total. The molecule has 2 nitrogen and oxygen atoms in total. The van der Waals surface area contributed by atoms with Gasteiger partial charge in [0.05, 0.1) is 4.88 Å². The van der Waals surface area contributed by atoms with E-state index >= 15 is 0 Å². The molecule has 0 spiro atoms. The minimum atomic E-state index is -0.0342. The van der Waals surface area contributed by atoms with Gasteiger partial charge in [-0.25, -0.2) is 0 Å². The number of aryl methyl sites for hydroxylation is 1. The minimum Gasteiger partial charge on any atom is -0.347 e. The van der Waals surface area contributed by atoms with Gasteiger partial charge in [0.2, 0.25) is 0 Å². The number of nitrogens with one attached hydrogen (secondary N) is 1. The van der Waals surface area contributed by atoms with E-state index in [-0.39, 0.29) is 5.91 Å². The Labute approximate surface area is 89.8 Å². The Bertz CT molecular complexity index is 332. The number of carbonyl (C=O) groups is 1. The topological polar surface area (TPSA) is 29.1 Å². The highest BCUT2D eigenvalue weighted by Gasteiger charge is 2.08. The molecule has 1 aromatic rings. The summed E-state index contributed by atoms with van der Waals surface area (Å²) in [5.41, 5.74) is 1.02. The van der Waals surface area contributed by atoms with E-state index in [1.165, 1.54) is 11.3 Å². The van der Waals surface area contributed by atoms with Crippen LogP contribution in [0.2, 0.25) is 0 Å². The van der Waals surface area contributed by atoms with Crippen LogP contribution < -0.4 is 5.32 Å². The predicted octanol–water partition coefficient (Wildman–Crippen LogP) is 2.69. The largest absolute Gasteiger partial charge is 0.347 e. The molecular formula is C9H10BrNOS. The van der Waals surface area contributed by atoms with E-state index in [1.54, 1.807) is 0 Å². The lowest BCUT2D eigenvalue weighted by molar-refractivity contribution is 0.0961. The van der Waals surface area contributed by atoms with Crippen LogP contribution in [0.25, 0.3) is 0 Å². The zero-order chi connectivity index (χ0) is 9.84. The fourth-order valence-corrected chi connectivity index (χ4v) is 1.84. The van der Waals surface area contributed by atoms with Crippen molar-refractivity contribution < 1.29 is 4.79 Å². The summed E-state index contributed by atoms with van der Waals surface area (Å²) in [6.07, 6.45) is 0. The number of hydrogen-bond donors (Lipinski definition) is 1. The fraction of sp³-hybridized carbons (Fsp3) is 0.222. The fourth-order valence-electron chi connectivity index (χ4n) is 0.862. The molecule has 1 amide bonds. The first-order valence-corrected chi connectivity index (χ1v) is 5.44. The van der Waals surface area contributed by atoms with E-state index in [0.29, 0.717) is 6.54 Å². The lowest BCUT2D eigenvalue weighted by Crippen LogP contribution is -2.23. The van der Waals surface area contributed by atoms with Crippen LogP contribution in [0, 0.1) is 6.92 Å². The molecule has 4 heteroatoms. The van der Waals surface area contributed by atoms with Crippen LogP contribution >= 0.6 is 27.3 Å². The Morgan fingerprint density at radius 1 is 1.77 bits per heavy atom. The van der Waals surface area contributed by atoms with Crippen molar-refractivity contribution in [2.24, 2.45) is 0 Å². The third-order valence-electron chi connectivity index (χ3n) is 1.51. The summed E-state index contributed by atoms with van der Waals surface area (Å²) in [7, 11) is 0. The summed E-state index contributed by atoms with van der Waals surface area (Å²) in [6.45, 7) is 6.03. The average molecular weight is 260 g/mol. The average Bonchev–Trinajstić information content (AvgIpc) is 2.47. The maximum Gasteiger partial charge on any atom is 0.261 e. The lowest BCUT2D eigenvalue weighted by Gasteiger charge is -2.02. The number of carbonyl (C=O) groups excluding carboxylic acids is 1. The molecule has 1 rings (SSSR count). The van der Waals surface area contributed by atoms with Crippen molar-refractivity contribution in [1.29, 1.82) is 0 Å². The summed E-state index contributed by atoms with van der Waals surface area (Å²) in [5, 5.41) is 4.66. The lowest BCUT2D eigenvalue weighted by atomic mass is 10.3. The van der Waals surface area contributed by atoms with Gasteiger partial charge < -0.3 is 5.32 Å². The third-order valence-corrected chi connectivity index (χ3v) is 2.80. The second kappa shape index (κ2) is 4.58. The molecule has 0 bridgehead atoms. The Morgan fingerprint density at radius 2 is 2.46 bits per heavy atom. The molecule has 0 fully saturated rings. The standard InChI is InChI=1S/C9H10BrNOS/c1-6-3-4-13-8(6)9(12)11-5-7(2)10/h3-4H,2,5H2,1H3,(H,11,12). The smallest absolute Gasteiger partial charge is 0.261 e. The SMILES string of the molecule is C=C(Br)CNC(=O)c1sccc1C. The van der Waals surface area contributed by atoms with Crippen molar-refractivity contribution in [2.45, 2.75) is 6.92 Å². The molecular weight excluding hydrogens is 250 g/mol. The first-order valence-electron chi connectivity index (χ1n) is 3.77. The van der Waals surface area contributed by atoms with Crippen molar-refractivity contribution in [3.63, 3.8) is 0 Å². The highest BCUT2D eigenvalue weighted by Crippen LogP contribution is 2.15. The maximum atomic E-state index is 11.5. The number of thiophene rings is 1. The van der Waals surface area contributed by atoms with Gasteiger partial charge in [0, 0.05) is 11.0 Å². The zero-order valence-electron chi connectivity index (χ0n) is 7.26. The minimum absolute atomic E-state index is 0.0342. The summed E-state index contributed by atoms with van der Waals surface area (Å²) >= 11 is 4.63. The molecule has 70 valence electrons. The van der Waals surface area contributed by atoms with Crippen molar-refractivity contribution in [3.8, 4) is 0 Å². The van der Waals surface area contributed by atoms with E-state index < -0.39 is 0 Å². The van der Waals surface area contributed by atoms with Crippen molar-refractivity contribution >= 4 is 33.2 Å². The normalized spacial score (nSPS) is 9.69. The van der Waals surface area contributed by atoms with Gasteiger partial charge in [-0.05, 0) is 23.9 Å². The molecule has 1 heterocycles. The monoisotopic (exact) mass is 259 g/mol. The Hall–Kier alpha value is -0.610. The molecule has 0 atom stereocenters. The summed E-state index contributed by atoms with van der Waals surface area (Å²) in [5.74, 6) is -0.0342. The number of hydrogen-bond acceptors (Lipinski definition) is 2. The highest BCUT2D eigenvalue weighted by molar-refractivity contribution is 9.11. The van der Waals surface area contributed by atoms with Crippen LogP contribution in [0.3, 0.4) is 0 Å². The molecule has 1 aromatic heterocycles. The van der Waals surface area contributed by atoms with E-state index in [2.05, 4.69) is 27.8 Å². The van der Waals surface area contributed by atoms with Crippen molar-refractivity contribution in [2.75, 3.05) is 6.54 Å². The summed E-state index contributed by atoms with van der Waals surface area (Å²) in [4.78, 5) is 12.2. The number of amides is 1. The van der Waals surface area contributed by atoms with Crippen molar-refractivity contribution in [1.82, 2.24) is 5.32 Å². The maximum absolute atomic E-state index is 11.5. The predicted molar refractivity (Wildman–Crippen MR) is 59.5 cm³/mol. The molecule has 0 aliphatic heterocycles. The van der Waals surface area contributed by atoms with Gasteiger partial charge in [-0.15, -0.1) is 11.3 Å². The Kier molecular flexibility index (Phi) is 3.69. The Morgan fingerprint density at radius 3 is 2.92 bits per heavy atom. The van der Waals surface area contributed by atoms with Gasteiger partial charge in [0.25, 0.3) is 5.91 Å². The molecule has 0 saturated heterocycles. The quantitative estimate of drug-likeness (QED) is 0.889. The number of halogens is 1. The van der Waals surface area contributed by atoms with Gasteiger partial charge in [-0.3, -0.25) is 4.79 Å². The first kappa shape index (κ1) is 10.5. The van der Waals surface area contributed by atoms with E-state index in [1.807, 2.05) is 18.4 Å². The van der Waals surface area contributed by atoms with Crippen LogP contribution in [-0.4, -0.2) is 12.5 Å². The summed E-state index contributed by atoms with van der Waals surface area (Å²) < 4.78 is 0.773. The van der Waals surface area contributed by atoms with Crippen LogP contribution in [0.15, 0.2) is 22.5 Å². The van der Waals surface area contributed by atoms with Crippen LogP contribution in [0.1, 0.15) is 15.2 Å². The van der Waals surface area contributed by atoms with Crippen LogP contribution in [0.4, 0.5) is 0 Å². The summed E-state index contributed by atoms with van der Waals surface area (Å²) in [6, 6.07) is 1.93. The van der Waals surface area contributed by atoms with E-state index in [9.17, 15) is 4.79 Å². The number of rotatable bonds is 3. The zero-order valence-corrected chi connectivity index (χ0v) is 9.67. The van der Waals surface area contributed by atoms with Gasteiger partial charge in [-0.2, -0.15) is 0 Å². The molecule has 0 aromatic carbocycles. The molecule has 13 heavy (non-hydrogen) atoms. The van der Waals surface area contributed by atoms with Crippen molar-refractivity contribution in [3.05, 3.63) is 32.9 Å². The second-order valence-electron chi connectivity index (χ2n) is 2.63. The van der Waals surface area contributed by atoms with Gasteiger partial charge in [0.15, 0.2) is 0 Å².